The summed E-state index contributed by atoms with van der Waals surface area (Å²) in [4.78, 5) is 15.4. The molecule has 0 aliphatic carbocycles. The van der Waals surface area contributed by atoms with Crippen LogP contribution in [0.4, 0.5) is 5.82 Å². The van der Waals surface area contributed by atoms with E-state index in [0.717, 1.165) is 42.6 Å². The van der Waals surface area contributed by atoms with Gasteiger partial charge in [0.15, 0.2) is 5.16 Å². The minimum absolute atomic E-state index is 0.536. The number of ether oxygens (including phenoxy) is 1. The van der Waals surface area contributed by atoms with Gasteiger partial charge in [-0.15, -0.1) is 0 Å². The molecule has 2 aromatic rings. The van der Waals surface area contributed by atoms with Crippen molar-refractivity contribution in [3.05, 3.63) is 35.2 Å². The number of halogens is 1. The van der Waals surface area contributed by atoms with Gasteiger partial charge in [-0.1, -0.05) is 23.4 Å². The molecule has 2 aromatic heterocycles. The van der Waals surface area contributed by atoms with Crippen LogP contribution < -0.4 is 9.64 Å². The Bertz CT molecular complexity index is 692. The monoisotopic (exact) mass is 364 g/mol. The number of aromatic nitrogens is 3. The molecule has 0 bridgehead atoms. The van der Waals surface area contributed by atoms with Crippen LogP contribution in [0.2, 0.25) is 5.02 Å². The number of hydrogen-bond donors (Lipinski definition) is 0. The van der Waals surface area contributed by atoms with Crippen molar-refractivity contribution in [1.29, 1.82) is 0 Å². The summed E-state index contributed by atoms with van der Waals surface area (Å²) in [6.07, 6.45) is 7.48. The summed E-state index contributed by atoms with van der Waals surface area (Å²) in [6, 6.07) is 3.87. The Labute approximate surface area is 151 Å². The number of thioether (sulfide) groups is 1. The van der Waals surface area contributed by atoms with E-state index < -0.39 is 0 Å². The summed E-state index contributed by atoms with van der Waals surface area (Å²) >= 11 is 7.66. The lowest BCUT2D eigenvalue weighted by molar-refractivity contribution is 0.222. The molecule has 128 valence electrons. The first-order valence-electron chi connectivity index (χ1n) is 8.02. The molecule has 1 aliphatic heterocycles. The second-order valence-corrected chi connectivity index (χ2v) is 7.08. The Hall–Kier alpha value is -1.53. The minimum Gasteiger partial charge on any atom is -0.492 e. The number of anilines is 1. The van der Waals surface area contributed by atoms with E-state index in [2.05, 4.69) is 25.9 Å². The molecule has 3 heterocycles. The van der Waals surface area contributed by atoms with Gasteiger partial charge in [-0.3, -0.25) is 4.98 Å². The van der Waals surface area contributed by atoms with Crippen LogP contribution in [-0.4, -0.2) is 40.9 Å². The van der Waals surface area contributed by atoms with Crippen LogP contribution in [-0.2, 0) is 0 Å². The van der Waals surface area contributed by atoms with Gasteiger partial charge in [-0.25, -0.2) is 9.97 Å². The maximum absolute atomic E-state index is 6.08. The summed E-state index contributed by atoms with van der Waals surface area (Å²) in [6.45, 7) is 4.69. The van der Waals surface area contributed by atoms with Crippen molar-refractivity contribution in [2.45, 2.75) is 24.9 Å². The first-order chi connectivity index (χ1) is 11.7. The van der Waals surface area contributed by atoms with E-state index in [9.17, 15) is 0 Å². The van der Waals surface area contributed by atoms with Gasteiger partial charge in [-0.2, -0.15) is 0 Å². The number of piperidine rings is 1. The summed E-state index contributed by atoms with van der Waals surface area (Å²) in [5.74, 6) is 2.28. The highest BCUT2D eigenvalue weighted by molar-refractivity contribution is 7.98. The van der Waals surface area contributed by atoms with E-state index >= 15 is 0 Å². The molecule has 1 aliphatic rings. The molecule has 24 heavy (non-hydrogen) atoms. The fourth-order valence-electron chi connectivity index (χ4n) is 2.79. The fraction of sp³-hybridized carbons (Fsp3) is 0.471. The largest absolute Gasteiger partial charge is 0.492 e. The summed E-state index contributed by atoms with van der Waals surface area (Å²) in [5, 5.41) is 1.40. The predicted molar refractivity (Wildman–Crippen MR) is 98.2 cm³/mol. The average molecular weight is 365 g/mol. The third kappa shape index (κ3) is 4.30. The Morgan fingerprint density at radius 1 is 1.33 bits per heavy atom. The lowest BCUT2D eigenvalue weighted by Crippen LogP contribution is -2.36. The zero-order valence-corrected chi connectivity index (χ0v) is 15.5. The first-order valence-corrected chi connectivity index (χ1v) is 9.63. The lowest BCUT2D eigenvalue weighted by atomic mass is 9.98. The van der Waals surface area contributed by atoms with Gasteiger partial charge in [0, 0.05) is 43.3 Å². The van der Waals surface area contributed by atoms with Crippen LogP contribution in [0.15, 0.2) is 29.7 Å². The molecule has 1 fully saturated rings. The zero-order chi connectivity index (χ0) is 16.9. The van der Waals surface area contributed by atoms with Gasteiger partial charge in [-0.05, 0) is 31.9 Å². The molecule has 0 spiro atoms. The molecule has 0 atom stereocenters. The summed E-state index contributed by atoms with van der Waals surface area (Å²) in [7, 11) is 0. The quantitative estimate of drug-likeness (QED) is 0.593. The van der Waals surface area contributed by atoms with E-state index in [1.807, 2.05) is 19.2 Å². The standard InChI is InChI=1S/C17H21ClN4OS/c1-12-9-16(21-17(20-12)24-2)22-7-4-13(5-8-22)11-23-15-3-6-19-10-14(15)18/h3,6,9-10,13H,4-5,7-8,11H2,1-2H3. The van der Waals surface area contributed by atoms with Crippen LogP contribution in [0.3, 0.4) is 0 Å². The van der Waals surface area contributed by atoms with Gasteiger partial charge < -0.3 is 9.64 Å². The molecule has 3 rings (SSSR count). The van der Waals surface area contributed by atoms with Crippen LogP contribution in [0.5, 0.6) is 5.75 Å². The minimum atomic E-state index is 0.536. The zero-order valence-electron chi connectivity index (χ0n) is 13.9. The van der Waals surface area contributed by atoms with Gasteiger partial charge in [0.1, 0.15) is 16.6 Å². The molecule has 1 saturated heterocycles. The van der Waals surface area contributed by atoms with Crippen molar-refractivity contribution in [3.8, 4) is 5.75 Å². The summed E-state index contributed by atoms with van der Waals surface area (Å²) in [5.41, 5.74) is 1.02. The molecule has 5 nitrogen and oxygen atoms in total. The molecule has 0 aromatic carbocycles. The molecular weight excluding hydrogens is 344 g/mol. The number of hydrogen-bond acceptors (Lipinski definition) is 6. The van der Waals surface area contributed by atoms with E-state index in [0.29, 0.717) is 23.3 Å². The van der Waals surface area contributed by atoms with Gasteiger partial charge in [0.05, 0.1) is 6.61 Å². The maximum atomic E-state index is 6.08. The highest BCUT2D eigenvalue weighted by atomic mass is 35.5. The second kappa shape index (κ2) is 8.03. The van der Waals surface area contributed by atoms with Crippen LogP contribution >= 0.6 is 23.4 Å². The van der Waals surface area contributed by atoms with Crippen molar-refractivity contribution < 1.29 is 4.74 Å². The average Bonchev–Trinajstić information content (AvgIpc) is 2.61. The van der Waals surface area contributed by atoms with Crippen LogP contribution in [0.1, 0.15) is 18.5 Å². The molecule has 7 heteroatoms. The van der Waals surface area contributed by atoms with Crippen molar-refractivity contribution in [3.63, 3.8) is 0 Å². The molecule has 0 saturated carbocycles. The highest BCUT2D eigenvalue weighted by Gasteiger charge is 2.21. The summed E-state index contributed by atoms with van der Waals surface area (Å²) < 4.78 is 5.85. The van der Waals surface area contributed by atoms with Crippen LogP contribution in [0.25, 0.3) is 0 Å². The van der Waals surface area contributed by atoms with Crippen molar-refractivity contribution in [2.75, 3.05) is 30.9 Å². The van der Waals surface area contributed by atoms with Crippen molar-refractivity contribution in [2.24, 2.45) is 5.92 Å². The normalized spacial score (nSPS) is 15.5. The van der Waals surface area contributed by atoms with Crippen molar-refractivity contribution >= 4 is 29.2 Å². The van der Waals surface area contributed by atoms with E-state index in [-0.39, 0.29) is 0 Å². The number of nitrogens with zero attached hydrogens (tertiary/aromatic N) is 4. The maximum Gasteiger partial charge on any atom is 0.189 e. The molecule has 0 radical (unpaired) electrons. The van der Waals surface area contributed by atoms with Gasteiger partial charge >= 0.3 is 0 Å². The number of aryl methyl sites for hydroxylation is 1. The Kier molecular flexibility index (Phi) is 5.79. The van der Waals surface area contributed by atoms with E-state index in [4.69, 9.17) is 16.3 Å². The smallest absolute Gasteiger partial charge is 0.189 e. The lowest BCUT2D eigenvalue weighted by Gasteiger charge is -2.32. The molecular formula is C17H21ClN4OS. The SMILES string of the molecule is CSc1nc(C)cc(N2CCC(COc3ccncc3Cl)CC2)n1. The first kappa shape index (κ1) is 17.3. The Morgan fingerprint density at radius 3 is 2.83 bits per heavy atom. The third-order valence-electron chi connectivity index (χ3n) is 4.15. The third-order valence-corrected chi connectivity index (χ3v) is 4.98. The molecule has 0 unspecified atom stereocenters. The Balaban J connectivity index is 1.54. The highest BCUT2D eigenvalue weighted by Crippen LogP contribution is 2.26. The topological polar surface area (TPSA) is 51.1 Å². The predicted octanol–water partition coefficient (Wildman–Crippen LogP) is 3.85. The number of pyridine rings is 1. The van der Waals surface area contributed by atoms with Crippen LogP contribution in [0, 0.1) is 12.8 Å². The van der Waals surface area contributed by atoms with E-state index in [1.165, 1.54) is 0 Å². The Morgan fingerprint density at radius 2 is 2.12 bits per heavy atom. The molecule has 0 N–H and O–H groups in total. The van der Waals surface area contributed by atoms with Crippen molar-refractivity contribution in [1.82, 2.24) is 15.0 Å². The molecule has 0 amide bonds. The van der Waals surface area contributed by atoms with Gasteiger partial charge in [0.25, 0.3) is 0 Å². The number of rotatable bonds is 5. The van der Waals surface area contributed by atoms with Gasteiger partial charge in [0.2, 0.25) is 0 Å². The second-order valence-electron chi connectivity index (χ2n) is 5.90. The van der Waals surface area contributed by atoms with E-state index in [1.54, 1.807) is 24.2 Å². The fourth-order valence-corrected chi connectivity index (χ4v) is 3.39.